The van der Waals surface area contributed by atoms with Crippen LogP contribution in [0.25, 0.3) is 5.69 Å². The Hall–Kier alpha value is -2.51. The lowest BCUT2D eigenvalue weighted by molar-refractivity contribution is 0.397. The maximum absolute atomic E-state index is 4.28. The Bertz CT molecular complexity index is 806. The molecule has 0 amide bonds. The number of likely N-dealkylation sites (N-methyl/N-ethyl adjacent to an activating group) is 1. The van der Waals surface area contributed by atoms with Crippen molar-refractivity contribution < 1.29 is 0 Å². The van der Waals surface area contributed by atoms with Crippen LogP contribution < -0.4 is 5.32 Å². The van der Waals surface area contributed by atoms with Crippen molar-refractivity contribution in [3.63, 3.8) is 0 Å². The zero-order valence-corrected chi connectivity index (χ0v) is 14.6. The molecule has 7 heteroatoms. The second kappa shape index (κ2) is 6.78. The SMILES string of the molecule is CN1C[C@@H](NCc2ccc(-n3cncn3)cc2)[C@H](c2cncn2C)C1. The molecule has 0 unspecified atom stereocenters. The second-order valence-corrected chi connectivity index (χ2v) is 6.75. The lowest BCUT2D eigenvalue weighted by Gasteiger charge is -2.20. The molecular formula is C18H23N7. The van der Waals surface area contributed by atoms with E-state index in [1.54, 1.807) is 17.3 Å². The topological polar surface area (TPSA) is 63.8 Å². The molecule has 1 fully saturated rings. The van der Waals surface area contributed by atoms with Gasteiger partial charge in [-0.15, -0.1) is 0 Å². The van der Waals surface area contributed by atoms with Crippen molar-refractivity contribution in [2.24, 2.45) is 7.05 Å². The molecule has 1 aromatic carbocycles. The molecule has 3 aromatic rings. The van der Waals surface area contributed by atoms with Gasteiger partial charge in [-0.3, -0.25) is 0 Å². The van der Waals surface area contributed by atoms with E-state index in [2.05, 4.69) is 68.2 Å². The Morgan fingerprint density at radius 1 is 1.08 bits per heavy atom. The molecule has 130 valence electrons. The number of nitrogens with one attached hydrogen (secondary N) is 1. The molecule has 0 bridgehead atoms. The van der Waals surface area contributed by atoms with Crippen molar-refractivity contribution in [3.8, 4) is 5.69 Å². The second-order valence-electron chi connectivity index (χ2n) is 6.75. The monoisotopic (exact) mass is 337 g/mol. The molecule has 2 aromatic heterocycles. The highest BCUT2D eigenvalue weighted by atomic mass is 15.3. The van der Waals surface area contributed by atoms with Gasteiger partial charge in [0.1, 0.15) is 12.7 Å². The molecular weight excluding hydrogens is 314 g/mol. The summed E-state index contributed by atoms with van der Waals surface area (Å²) >= 11 is 0. The van der Waals surface area contributed by atoms with Crippen molar-refractivity contribution in [2.75, 3.05) is 20.1 Å². The molecule has 25 heavy (non-hydrogen) atoms. The van der Waals surface area contributed by atoms with E-state index < -0.39 is 0 Å². The standard InChI is InChI=1S/C18H23N7/c1-23-9-16(18-8-19-12-24(18)2)17(10-23)21-7-14-3-5-15(6-4-14)25-13-20-11-22-25/h3-6,8,11-13,16-17,21H,7,9-10H2,1-2H3/t16-,17-/m1/s1. The Labute approximate surface area is 147 Å². The molecule has 4 rings (SSSR count). The lowest BCUT2D eigenvalue weighted by Crippen LogP contribution is -2.35. The zero-order valence-electron chi connectivity index (χ0n) is 14.6. The maximum Gasteiger partial charge on any atom is 0.138 e. The van der Waals surface area contributed by atoms with E-state index in [0.29, 0.717) is 12.0 Å². The van der Waals surface area contributed by atoms with E-state index in [1.165, 1.54) is 11.3 Å². The number of likely N-dealkylation sites (tertiary alicyclic amines) is 1. The zero-order chi connectivity index (χ0) is 17.2. The molecule has 1 aliphatic rings. The summed E-state index contributed by atoms with van der Waals surface area (Å²) in [7, 11) is 4.25. The van der Waals surface area contributed by atoms with E-state index in [1.807, 2.05) is 12.5 Å². The largest absolute Gasteiger partial charge is 0.337 e. The Morgan fingerprint density at radius 3 is 2.60 bits per heavy atom. The first kappa shape index (κ1) is 16.0. The van der Waals surface area contributed by atoms with E-state index in [-0.39, 0.29) is 0 Å². The van der Waals surface area contributed by atoms with E-state index in [9.17, 15) is 0 Å². The summed E-state index contributed by atoms with van der Waals surface area (Å²) in [5, 5.41) is 7.89. The third-order valence-corrected chi connectivity index (χ3v) is 4.92. The van der Waals surface area contributed by atoms with Gasteiger partial charge in [0.25, 0.3) is 0 Å². The van der Waals surface area contributed by atoms with Gasteiger partial charge in [-0.2, -0.15) is 5.10 Å². The number of nitrogens with zero attached hydrogens (tertiary/aromatic N) is 6. The van der Waals surface area contributed by atoms with Gasteiger partial charge in [0.05, 0.1) is 12.0 Å². The number of hydrogen-bond acceptors (Lipinski definition) is 5. The average molecular weight is 337 g/mol. The molecule has 0 aliphatic carbocycles. The van der Waals surface area contributed by atoms with E-state index >= 15 is 0 Å². The third-order valence-electron chi connectivity index (χ3n) is 4.92. The van der Waals surface area contributed by atoms with Gasteiger partial charge in [0.15, 0.2) is 0 Å². The number of aromatic nitrogens is 5. The number of rotatable bonds is 5. The van der Waals surface area contributed by atoms with Crippen molar-refractivity contribution in [2.45, 2.75) is 18.5 Å². The van der Waals surface area contributed by atoms with Crippen LogP contribution in [0.15, 0.2) is 49.4 Å². The van der Waals surface area contributed by atoms with Gasteiger partial charge in [-0.1, -0.05) is 12.1 Å². The first-order valence-electron chi connectivity index (χ1n) is 8.53. The van der Waals surface area contributed by atoms with Crippen LogP contribution in [0.2, 0.25) is 0 Å². The van der Waals surface area contributed by atoms with Crippen LogP contribution >= 0.6 is 0 Å². The molecule has 0 saturated carbocycles. The van der Waals surface area contributed by atoms with Gasteiger partial charge >= 0.3 is 0 Å². The Morgan fingerprint density at radius 2 is 1.92 bits per heavy atom. The fourth-order valence-electron chi connectivity index (χ4n) is 3.59. The molecule has 0 radical (unpaired) electrons. The average Bonchev–Trinajstić information content (AvgIpc) is 3.34. The van der Waals surface area contributed by atoms with Gasteiger partial charge in [0, 0.05) is 50.5 Å². The summed E-state index contributed by atoms with van der Waals surface area (Å²) < 4.78 is 3.90. The fraction of sp³-hybridized carbons (Fsp3) is 0.389. The highest BCUT2D eigenvalue weighted by molar-refractivity contribution is 5.33. The van der Waals surface area contributed by atoms with Crippen LogP contribution in [0.3, 0.4) is 0 Å². The molecule has 2 atom stereocenters. The molecule has 1 aliphatic heterocycles. The maximum atomic E-state index is 4.28. The van der Waals surface area contributed by atoms with Crippen molar-refractivity contribution in [3.05, 3.63) is 60.7 Å². The lowest BCUT2D eigenvalue weighted by atomic mass is 10.00. The minimum atomic E-state index is 0.426. The quantitative estimate of drug-likeness (QED) is 0.758. The first-order chi connectivity index (χ1) is 12.2. The van der Waals surface area contributed by atoms with Crippen molar-refractivity contribution in [1.29, 1.82) is 0 Å². The number of hydrogen-bond donors (Lipinski definition) is 1. The summed E-state index contributed by atoms with van der Waals surface area (Å²) in [4.78, 5) is 10.6. The number of imidazole rings is 1. The number of benzene rings is 1. The molecule has 3 heterocycles. The fourth-order valence-corrected chi connectivity index (χ4v) is 3.59. The van der Waals surface area contributed by atoms with Crippen LogP contribution in [-0.4, -0.2) is 55.4 Å². The smallest absolute Gasteiger partial charge is 0.138 e. The van der Waals surface area contributed by atoms with Crippen LogP contribution in [0, 0.1) is 0 Å². The summed E-state index contributed by atoms with van der Waals surface area (Å²) in [5.74, 6) is 0.465. The molecule has 7 nitrogen and oxygen atoms in total. The first-order valence-corrected chi connectivity index (χ1v) is 8.53. The highest BCUT2D eigenvalue weighted by Gasteiger charge is 2.33. The molecule has 1 N–H and O–H groups in total. The highest BCUT2D eigenvalue weighted by Crippen LogP contribution is 2.26. The molecule has 1 saturated heterocycles. The summed E-state index contributed by atoms with van der Waals surface area (Å²) in [6.07, 6.45) is 7.13. The summed E-state index contributed by atoms with van der Waals surface area (Å²) in [6, 6.07) is 8.86. The summed E-state index contributed by atoms with van der Waals surface area (Å²) in [5.41, 5.74) is 3.58. The minimum Gasteiger partial charge on any atom is -0.337 e. The van der Waals surface area contributed by atoms with Crippen molar-refractivity contribution in [1.82, 2.24) is 34.5 Å². The predicted molar refractivity (Wildman–Crippen MR) is 95.4 cm³/mol. The van der Waals surface area contributed by atoms with E-state index in [0.717, 1.165) is 25.3 Å². The van der Waals surface area contributed by atoms with Gasteiger partial charge in [0.2, 0.25) is 0 Å². The number of aryl methyl sites for hydroxylation is 1. The van der Waals surface area contributed by atoms with Crippen LogP contribution in [0.1, 0.15) is 17.2 Å². The van der Waals surface area contributed by atoms with Crippen LogP contribution in [-0.2, 0) is 13.6 Å². The van der Waals surface area contributed by atoms with Gasteiger partial charge in [-0.05, 0) is 24.7 Å². The van der Waals surface area contributed by atoms with Crippen molar-refractivity contribution >= 4 is 0 Å². The normalized spacial score (nSPS) is 21.0. The van der Waals surface area contributed by atoms with Gasteiger partial charge in [-0.25, -0.2) is 14.6 Å². The van der Waals surface area contributed by atoms with Crippen LogP contribution in [0.5, 0.6) is 0 Å². The predicted octanol–water partition coefficient (Wildman–Crippen LogP) is 1.19. The Balaban J connectivity index is 1.42. The molecule has 0 spiro atoms. The van der Waals surface area contributed by atoms with Gasteiger partial charge < -0.3 is 14.8 Å². The minimum absolute atomic E-state index is 0.426. The Kier molecular flexibility index (Phi) is 4.33. The van der Waals surface area contributed by atoms with Crippen LogP contribution in [0.4, 0.5) is 0 Å². The third kappa shape index (κ3) is 3.33. The summed E-state index contributed by atoms with van der Waals surface area (Å²) in [6.45, 7) is 2.96. The van der Waals surface area contributed by atoms with E-state index in [4.69, 9.17) is 0 Å².